The maximum absolute atomic E-state index is 10.1. The first-order chi connectivity index (χ1) is 13.6. The van der Waals surface area contributed by atoms with E-state index in [0.717, 1.165) is 29.0 Å². The Morgan fingerprint density at radius 2 is 1.57 bits per heavy atom. The van der Waals surface area contributed by atoms with Gasteiger partial charge in [0.05, 0.1) is 41.2 Å². The Morgan fingerprint density at radius 3 is 2.14 bits per heavy atom. The van der Waals surface area contributed by atoms with E-state index >= 15 is 0 Å². The maximum atomic E-state index is 10.1. The third-order valence-corrected chi connectivity index (χ3v) is 5.34. The summed E-state index contributed by atoms with van der Waals surface area (Å²) in [6, 6.07) is 11.6. The predicted octanol–water partition coefficient (Wildman–Crippen LogP) is 3.26. The fraction of sp³-hybridized carbons (Fsp3) is 0.455. The van der Waals surface area contributed by atoms with Crippen molar-refractivity contribution in [2.45, 2.75) is 12.5 Å². The molecule has 1 N–H and O–H groups in total. The zero-order chi connectivity index (χ0) is 20.1. The molecule has 0 aromatic heterocycles. The summed E-state index contributed by atoms with van der Waals surface area (Å²) in [5, 5.41) is 10.1. The van der Waals surface area contributed by atoms with Gasteiger partial charge in [0.15, 0.2) is 11.5 Å². The molecule has 3 rings (SSSR count). The summed E-state index contributed by atoms with van der Waals surface area (Å²) in [5.41, 5.74) is 2.07. The molecule has 6 heteroatoms. The molecule has 2 aromatic rings. The molecule has 0 bridgehead atoms. The number of hydrogen-bond donors (Lipinski definition) is 1. The Morgan fingerprint density at radius 1 is 0.893 bits per heavy atom. The molecular weight excluding hydrogens is 360 g/mol. The van der Waals surface area contributed by atoms with Gasteiger partial charge in [-0.05, 0) is 47.7 Å². The highest BCUT2D eigenvalue weighted by molar-refractivity contribution is 5.44. The van der Waals surface area contributed by atoms with Gasteiger partial charge in [0.25, 0.3) is 0 Å². The summed E-state index contributed by atoms with van der Waals surface area (Å²) < 4.78 is 27.5. The Labute approximate surface area is 165 Å². The summed E-state index contributed by atoms with van der Waals surface area (Å²) in [4.78, 5) is 0. The van der Waals surface area contributed by atoms with Crippen molar-refractivity contribution in [2.75, 3.05) is 41.7 Å². The molecule has 0 aliphatic carbocycles. The number of benzene rings is 2. The topological polar surface area (TPSA) is 66.4 Å². The van der Waals surface area contributed by atoms with E-state index in [0.29, 0.717) is 18.1 Å². The van der Waals surface area contributed by atoms with Gasteiger partial charge in [-0.2, -0.15) is 0 Å². The minimum absolute atomic E-state index is 0.0182. The Balaban J connectivity index is 1.81. The van der Waals surface area contributed by atoms with Crippen LogP contribution in [0.1, 0.15) is 17.2 Å². The first-order valence-electron chi connectivity index (χ1n) is 9.29. The molecule has 1 heterocycles. The monoisotopic (exact) mass is 388 g/mol. The molecule has 1 aliphatic rings. The van der Waals surface area contributed by atoms with Crippen molar-refractivity contribution in [1.82, 2.24) is 0 Å². The summed E-state index contributed by atoms with van der Waals surface area (Å²) in [7, 11) is 6.50. The third-order valence-electron chi connectivity index (χ3n) is 5.34. The van der Waals surface area contributed by atoms with E-state index in [1.165, 1.54) is 0 Å². The van der Waals surface area contributed by atoms with Gasteiger partial charge in [0.1, 0.15) is 11.5 Å². The lowest BCUT2D eigenvalue weighted by Crippen LogP contribution is -2.21. The fourth-order valence-electron chi connectivity index (χ4n) is 3.84. The van der Waals surface area contributed by atoms with E-state index in [2.05, 4.69) is 0 Å². The average molecular weight is 388 g/mol. The van der Waals surface area contributed by atoms with E-state index in [9.17, 15) is 5.11 Å². The zero-order valence-electron chi connectivity index (χ0n) is 16.8. The average Bonchev–Trinajstić information content (AvgIpc) is 3.15. The molecule has 0 radical (unpaired) electrons. The van der Waals surface area contributed by atoms with Gasteiger partial charge >= 0.3 is 0 Å². The van der Waals surface area contributed by atoms with Crippen LogP contribution >= 0.6 is 0 Å². The van der Waals surface area contributed by atoms with Crippen LogP contribution in [-0.2, 0) is 11.2 Å². The Kier molecular flexibility index (Phi) is 6.65. The first kappa shape index (κ1) is 20.3. The van der Waals surface area contributed by atoms with Crippen molar-refractivity contribution in [3.05, 3.63) is 47.5 Å². The second-order valence-electron chi connectivity index (χ2n) is 6.90. The molecule has 3 atom stereocenters. The molecule has 0 saturated carbocycles. The molecule has 2 aromatic carbocycles. The standard InChI is InChI=1S/C22H28O6/c1-24-17-8-14(9-18(11-17)25-2)7-16-13-28-22(19(16)12-23)15-5-6-20(26-3)21(10-15)27-4/h5-6,8-11,16,19,22-23H,7,12-13H2,1-4H3/t16-,19-,22+/m0/s1. The van der Waals surface area contributed by atoms with Crippen molar-refractivity contribution in [3.63, 3.8) is 0 Å². The number of ether oxygens (including phenoxy) is 5. The van der Waals surface area contributed by atoms with E-state index in [-0.39, 0.29) is 24.5 Å². The van der Waals surface area contributed by atoms with Crippen LogP contribution in [0.4, 0.5) is 0 Å². The van der Waals surface area contributed by atoms with Crippen molar-refractivity contribution in [2.24, 2.45) is 11.8 Å². The van der Waals surface area contributed by atoms with Gasteiger partial charge < -0.3 is 28.8 Å². The molecule has 6 nitrogen and oxygen atoms in total. The second kappa shape index (κ2) is 9.17. The highest BCUT2D eigenvalue weighted by Crippen LogP contribution is 2.42. The third kappa shape index (κ3) is 4.18. The van der Waals surface area contributed by atoms with Crippen LogP contribution in [0, 0.1) is 11.8 Å². The van der Waals surface area contributed by atoms with Gasteiger partial charge in [-0.15, -0.1) is 0 Å². The normalized spacial score (nSPS) is 21.4. The molecule has 1 fully saturated rings. The lowest BCUT2D eigenvalue weighted by atomic mass is 9.84. The molecule has 0 spiro atoms. The van der Waals surface area contributed by atoms with Crippen LogP contribution in [0.2, 0.25) is 0 Å². The van der Waals surface area contributed by atoms with Crippen LogP contribution in [0.15, 0.2) is 36.4 Å². The van der Waals surface area contributed by atoms with E-state index in [1.807, 2.05) is 36.4 Å². The van der Waals surface area contributed by atoms with Gasteiger partial charge in [0, 0.05) is 18.6 Å². The minimum atomic E-state index is -0.192. The molecule has 0 amide bonds. The van der Waals surface area contributed by atoms with Gasteiger partial charge in [0.2, 0.25) is 0 Å². The summed E-state index contributed by atoms with van der Waals surface area (Å²) >= 11 is 0. The maximum Gasteiger partial charge on any atom is 0.161 e. The predicted molar refractivity (Wildman–Crippen MR) is 106 cm³/mol. The molecule has 1 aliphatic heterocycles. The number of hydrogen-bond acceptors (Lipinski definition) is 6. The largest absolute Gasteiger partial charge is 0.497 e. The lowest BCUT2D eigenvalue weighted by Gasteiger charge is -2.22. The van der Waals surface area contributed by atoms with Crippen LogP contribution in [0.3, 0.4) is 0 Å². The molecule has 152 valence electrons. The quantitative estimate of drug-likeness (QED) is 0.749. The second-order valence-corrected chi connectivity index (χ2v) is 6.90. The van der Waals surface area contributed by atoms with Crippen LogP contribution in [0.5, 0.6) is 23.0 Å². The van der Waals surface area contributed by atoms with Crippen LogP contribution < -0.4 is 18.9 Å². The molecule has 28 heavy (non-hydrogen) atoms. The fourth-order valence-corrected chi connectivity index (χ4v) is 3.84. The Bertz CT molecular complexity index is 768. The van der Waals surface area contributed by atoms with Crippen molar-refractivity contribution >= 4 is 0 Å². The van der Waals surface area contributed by atoms with E-state index < -0.39 is 0 Å². The number of methoxy groups -OCH3 is 4. The molecule has 0 unspecified atom stereocenters. The molecular formula is C22H28O6. The SMILES string of the molecule is COc1cc(C[C@H]2CO[C@H](c3ccc(OC)c(OC)c3)[C@H]2CO)cc(OC)c1. The summed E-state index contributed by atoms with van der Waals surface area (Å²) in [6.45, 7) is 0.620. The number of aliphatic hydroxyl groups is 1. The summed E-state index contributed by atoms with van der Waals surface area (Å²) in [6.07, 6.45) is 0.574. The Hall–Kier alpha value is -2.44. The van der Waals surface area contributed by atoms with E-state index in [4.69, 9.17) is 23.7 Å². The lowest BCUT2D eigenvalue weighted by molar-refractivity contribution is 0.0717. The zero-order valence-corrected chi connectivity index (χ0v) is 16.8. The van der Waals surface area contributed by atoms with E-state index in [1.54, 1.807) is 28.4 Å². The highest BCUT2D eigenvalue weighted by atomic mass is 16.5. The minimum Gasteiger partial charge on any atom is -0.497 e. The van der Waals surface area contributed by atoms with Gasteiger partial charge in [-0.25, -0.2) is 0 Å². The van der Waals surface area contributed by atoms with Crippen molar-refractivity contribution in [3.8, 4) is 23.0 Å². The summed E-state index contributed by atoms with van der Waals surface area (Å²) in [5.74, 6) is 3.00. The van der Waals surface area contributed by atoms with Crippen LogP contribution in [0.25, 0.3) is 0 Å². The van der Waals surface area contributed by atoms with Gasteiger partial charge in [-0.1, -0.05) is 6.07 Å². The number of rotatable bonds is 8. The highest BCUT2D eigenvalue weighted by Gasteiger charge is 2.38. The first-order valence-corrected chi connectivity index (χ1v) is 9.29. The van der Waals surface area contributed by atoms with Gasteiger partial charge in [-0.3, -0.25) is 0 Å². The van der Waals surface area contributed by atoms with Crippen molar-refractivity contribution < 1.29 is 28.8 Å². The molecule has 1 saturated heterocycles. The van der Waals surface area contributed by atoms with Crippen molar-refractivity contribution in [1.29, 1.82) is 0 Å². The smallest absolute Gasteiger partial charge is 0.161 e. The number of aliphatic hydroxyl groups excluding tert-OH is 1. The van der Waals surface area contributed by atoms with Crippen LogP contribution in [-0.4, -0.2) is 46.8 Å².